The molecule has 0 radical (unpaired) electrons. The maximum Gasteiger partial charge on any atom is 0.409 e. The Morgan fingerprint density at radius 2 is 1.78 bits per heavy atom. The van der Waals surface area contributed by atoms with Crippen LogP contribution in [0.5, 0.6) is 0 Å². The van der Waals surface area contributed by atoms with Crippen LogP contribution in [0.4, 0.5) is 4.79 Å². The highest BCUT2D eigenvalue weighted by atomic mass is 16.6. The molecule has 0 aromatic heterocycles. The Bertz CT molecular complexity index is 662. The fourth-order valence-corrected chi connectivity index (χ4v) is 4.15. The molecule has 2 atom stereocenters. The van der Waals surface area contributed by atoms with Crippen molar-refractivity contribution in [3.63, 3.8) is 0 Å². The van der Waals surface area contributed by atoms with E-state index in [1.807, 2.05) is 53.7 Å². The predicted molar refractivity (Wildman–Crippen MR) is 129 cm³/mol. The number of Topliss-reactive ketones (excluding diaryl/α,β-unsaturated/α-hetero) is 2. The molecule has 1 aliphatic rings. The van der Waals surface area contributed by atoms with Crippen LogP contribution < -0.4 is 10.6 Å². The fraction of sp³-hybridized carbons (Fsp3) is 0.800. The predicted octanol–water partition coefficient (Wildman–Crippen LogP) is 3.86. The average Bonchev–Trinajstić information content (AvgIpc) is 2.72. The number of hydrogen-bond donors (Lipinski definition) is 2. The Labute approximate surface area is 194 Å². The second-order valence-electron chi connectivity index (χ2n) is 10.1. The summed E-state index contributed by atoms with van der Waals surface area (Å²) >= 11 is 0. The van der Waals surface area contributed by atoms with Crippen molar-refractivity contribution >= 4 is 17.7 Å². The van der Waals surface area contributed by atoms with Crippen molar-refractivity contribution in [2.75, 3.05) is 26.7 Å². The number of carbonyl (C=O) groups is 3. The maximum absolute atomic E-state index is 13.3. The molecule has 0 aromatic rings. The van der Waals surface area contributed by atoms with Gasteiger partial charge in [-0.2, -0.15) is 0 Å². The van der Waals surface area contributed by atoms with E-state index in [1.165, 1.54) is 4.90 Å². The van der Waals surface area contributed by atoms with Gasteiger partial charge in [0.05, 0.1) is 17.6 Å². The SMILES string of the molecule is CC(C)N[C@]1(C)CCCCCC=CCOC(=O)N(C)CC[C@@](C)(C(=O)C(C)C)NCC1=O. The lowest BCUT2D eigenvalue weighted by molar-refractivity contribution is -0.129. The van der Waals surface area contributed by atoms with Gasteiger partial charge in [-0.3, -0.25) is 14.9 Å². The van der Waals surface area contributed by atoms with Gasteiger partial charge in [-0.05, 0) is 53.4 Å². The van der Waals surface area contributed by atoms with Crippen molar-refractivity contribution in [1.82, 2.24) is 15.5 Å². The minimum absolute atomic E-state index is 0.0305. The topological polar surface area (TPSA) is 87.7 Å². The molecule has 1 amide bonds. The first-order valence-electron chi connectivity index (χ1n) is 12.0. The molecule has 0 bridgehead atoms. The summed E-state index contributed by atoms with van der Waals surface area (Å²) in [6.45, 7) is 12.3. The zero-order chi connectivity index (χ0) is 24.4. The van der Waals surface area contributed by atoms with Gasteiger partial charge < -0.3 is 15.0 Å². The van der Waals surface area contributed by atoms with E-state index in [-0.39, 0.29) is 36.7 Å². The molecule has 0 aliphatic carbocycles. The highest BCUT2D eigenvalue weighted by molar-refractivity contribution is 5.93. The molecule has 2 N–H and O–H groups in total. The monoisotopic (exact) mass is 451 g/mol. The summed E-state index contributed by atoms with van der Waals surface area (Å²) in [6.07, 6.45) is 8.55. The van der Waals surface area contributed by atoms with Crippen molar-refractivity contribution in [2.24, 2.45) is 5.92 Å². The van der Waals surface area contributed by atoms with Gasteiger partial charge in [0.1, 0.15) is 6.61 Å². The second kappa shape index (κ2) is 13.1. The first-order chi connectivity index (χ1) is 14.9. The minimum atomic E-state index is -0.914. The molecule has 184 valence electrons. The quantitative estimate of drug-likeness (QED) is 0.631. The number of nitrogens with one attached hydrogen (secondary N) is 2. The molecule has 32 heavy (non-hydrogen) atoms. The van der Waals surface area contributed by atoms with E-state index in [1.54, 1.807) is 7.05 Å². The standard InChI is InChI=1S/C25H45N3O4/c1-19(2)22(30)25(6)15-16-28(7)23(31)32-17-13-11-9-8-10-12-14-24(5,27-20(3)4)21(29)18-26-25/h11,13,19-20,26-27H,8-10,12,14-18H2,1-7H3/t24-,25+/m1/s1. The number of carbonyl (C=O) groups excluding carboxylic acids is 3. The number of rotatable bonds is 4. The van der Waals surface area contributed by atoms with Crippen molar-refractivity contribution in [3.8, 4) is 0 Å². The Kier molecular flexibility index (Phi) is 11.6. The van der Waals surface area contributed by atoms with E-state index in [9.17, 15) is 14.4 Å². The zero-order valence-corrected chi connectivity index (χ0v) is 21.3. The van der Waals surface area contributed by atoms with Crippen molar-refractivity contribution < 1.29 is 19.1 Å². The van der Waals surface area contributed by atoms with Gasteiger partial charge in [-0.1, -0.05) is 38.8 Å². The third-order valence-electron chi connectivity index (χ3n) is 6.21. The molecule has 0 aromatic carbocycles. The molecule has 0 unspecified atom stereocenters. The van der Waals surface area contributed by atoms with E-state index in [0.29, 0.717) is 13.0 Å². The van der Waals surface area contributed by atoms with Gasteiger partial charge in [0.15, 0.2) is 11.6 Å². The van der Waals surface area contributed by atoms with E-state index in [0.717, 1.165) is 32.1 Å². The van der Waals surface area contributed by atoms with Crippen LogP contribution in [0.25, 0.3) is 0 Å². The molecular formula is C25H45N3O4. The van der Waals surface area contributed by atoms with Crippen molar-refractivity contribution in [1.29, 1.82) is 0 Å². The van der Waals surface area contributed by atoms with Crippen LogP contribution in [-0.4, -0.2) is 66.4 Å². The van der Waals surface area contributed by atoms with Crippen LogP contribution >= 0.6 is 0 Å². The molecule has 1 aliphatic heterocycles. The van der Waals surface area contributed by atoms with Gasteiger partial charge in [-0.15, -0.1) is 0 Å². The minimum Gasteiger partial charge on any atom is -0.445 e. The summed E-state index contributed by atoms with van der Waals surface area (Å²) in [5.41, 5.74) is -1.56. The molecule has 1 heterocycles. The summed E-state index contributed by atoms with van der Waals surface area (Å²) in [4.78, 5) is 40.1. The molecule has 7 heteroatoms. The first-order valence-corrected chi connectivity index (χ1v) is 12.0. The Hall–Kier alpha value is -1.73. The summed E-state index contributed by atoms with van der Waals surface area (Å²) < 4.78 is 5.29. The van der Waals surface area contributed by atoms with Gasteiger partial charge in [-0.25, -0.2) is 4.79 Å². The van der Waals surface area contributed by atoms with E-state index in [4.69, 9.17) is 4.74 Å². The summed E-state index contributed by atoms with van der Waals surface area (Å²) in [6, 6.07) is 0.174. The summed E-state index contributed by atoms with van der Waals surface area (Å²) in [5, 5.41) is 6.73. The molecule has 0 fully saturated rings. The van der Waals surface area contributed by atoms with Gasteiger partial charge in [0, 0.05) is 25.6 Å². The highest BCUT2D eigenvalue weighted by Gasteiger charge is 2.38. The Morgan fingerprint density at radius 1 is 1.09 bits per heavy atom. The third-order valence-corrected chi connectivity index (χ3v) is 6.21. The van der Waals surface area contributed by atoms with Crippen LogP contribution in [0.1, 0.15) is 80.1 Å². The van der Waals surface area contributed by atoms with Crippen LogP contribution in [-0.2, 0) is 14.3 Å². The van der Waals surface area contributed by atoms with Crippen LogP contribution in [0.3, 0.4) is 0 Å². The number of allylic oxidation sites excluding steroid dienone is 1. The summed E-state index contributed by atoms with van der Waals surface area (Å²) in [7, 11) is 1.67. The van der Waals surface area contributed by atoms with Gasteiger partial charge in [0.2, 0.25) is 0 Å². The van der Waals surface area contributed by atoms with Crippen LogP contribution in [0.15, 0.2) is 12.2 Å². The van der Waals surface area contributed by atoms with E-state index < -0.39 is 17.2 Å². The lowest BCUT2D eigenvalue weighted by Crippen LogP contribution is -2.59. The fourth-order valence-electron chi connectivity index (χ4n) is 4.15. The number of hydrogen-bond acceptors (Lipinski definition) is 6. The lowest BCUT2D eigenvalue weighted by Gasteiger charge is -2.36. The van der Waals surface area contributed by atoms with E-state index in [2.05, 4.69) is 10.6 Å². The number of amides is 1. The molecule has 1 rings (SSSR count). The zero-order valence-electron chi connectivity index (χ0n) is 21.3. The third kappa shape index (κ3) is 9.02. The summed E-state index contributed by atoms with van der Waals surface area (Å²) in [5.74, 6) is -0.103. The highest BCUT2D eigenvalue weighted by Crippen LogP contribution is 2.21. The molecule has 0 saturated carbocycles. The average molecular weight is 452 g/mol. The number of ketones is 2. The Morgan fingerprint density at radius 3 is 2.41 bits per heavy atom. The van der Waals surface area contributed by atoms with Gasteiger partial charge >= 0.3 is 6.09 Å². The Balaban J connectivity index is 3.10. The van der Waals surface area contributed by atoms with Crippen molar-refractivity contribution in [2.45, 2.75) is 97.2 Å². The number of ether oxygens (including phenoxy) is 1. The smallest absolute Gasteiger partial charge is 0.409 e. The maximum atomic E-state index is 13.3. The largest absolute Gasteiger partial charge is 0.445 e. The van der Waals surface area contributed by atoms with Crippen molar-refractivity contribution in [3.05, 3.63) is 12.2 Å². The first kappa shape index (κ1) is 28.3. The second-order valence-corrected chi connectivity index (χ2v) is 10.1. The normalized spacial score (nSPS) is 27.8. The van der Waals surface area contributed by atoms with Crippen LogP contribution in [0, 0.1) is 5.92 Å². The van der Waals surface area contributed by atoms with E-state index >= 15 is 0 Å². The van der Waals surface area contributed by atoms with Crippen LogP contribution in [0.2, 0.25) is 0 Å². The molecule has 0 spiro atoms. The molecular weight excluding hydrogens is 406 g/mol. The number of cyclic esters (lactones) is 1. The molecule has 7 nitrogen and oxygen atoms in total. The van der Waals surface area contributed by atoms with Gasteiger partial charge in [0.25, 0.3) is 0 Å². The number of nitrogens with zero attached hydrogens (tertiary/aromatic N) is 1. The molecule has 0 saturated heterocycles. The lowest BCUT2D eigenvalue weighted by atomic mass is 9.84.